The van der Waals surface area contributed by atoms with Crippen molar-refractivity contribution < 1.29 is 28.4 Å². The predicted octanol–water partition coefficient (Wildman–Crippen LogP) is 4.19. The highest BCUT2D eigenvalue weighted by atomic mass is 19.1. The van der Waals surface area contributed by atoms with Gasteiger partial charge in [0.2, 0.25) is 17.7 Å². The second-order valence-electron chi connectivity index (χ2n) is 16.2. The van der Waals surface area contributed by atoms with Gasteiger partial charge in [0, 0.05) is 57.9 Å². The zero-order valence-corrected chi connectivity index (χ0v) is 34.3. The van der Waals surface area contributed by atoms with Crippen molar-refractivity contribution in [3.05, 3.63) is 102 Å². The predicted molar refractivity (Wildman–Crippen MR) is 229 cm³/mol. The fraction of sp³-hybridized carbons (Fsp3) is 0.378. The summed E-state index contributed by atoms with van der Waals surface area (Å²) in [6, 6.07) is 20.8. The number of fused-ring (bicyclic) bond motifs is 2. The lowest BCUT2D eigenvalue weighted by molar-refractivity contribution is -0.136. The highest BCUT2D eigenvalue weighted by Crippen LogP contribution is 2.36. The molecule has 2 aromatic carbocycles. The minimum Gasteiger partial charge on any atom is -0.384 e. The van der Waals surface area contributed by atoms with Crippen molar-refractivity contribution in [3.63, 3.8) is 0 Å². The Hall–Kier alpha value is -6.75. The molecule has 2 atom stereocenters. The summed E-state index contributed by atoms with van der Waals surface area (Å²) in [7, 11) is 0. The molecule has 16 nitrogen and oxygen atoms in total. The van der Waals surface area contributed by atoms with Gasteiger partial charge in [-0.25, -0.2) is 18.9 Å². The molecule has 62 heavy (non-hydrogen) atoms. The number of carbonyl (C=O) groups is 5. The number of unbranched alkanes of at least 4 members (excludes halogenated alkanes) is 2. The van der Waals surface area contributed by atoms with Crippen LogP contribution in [0.25, 0.3) is 17.0 Å². The summed E-state index contributed by atoms with van der Waals surface area (Å²) >= 11 is 0. The van der Waals surface area contributed by atoms with Crippen LogP contribution in [0.3, 0.4) is 0 Å². The Morgan fingerprint density at radius 3 is 2.48 bits per heavy atom. The molecule has 5 amide bonds. The molecule has 3 saturated heterocycles. The minimum absolute atomic E-state index is 0.0176. The second-order valence-corrected chi connectivity index (χ2v) is 16.2. The molecule has 0 saturated carbocycles. The van der Waals surface area contributed by atoms with Crippen LogP contribution in [0.5, 0.6) is 0 Å². The number of piperidine rings is 1. The van der Waals surface area contributed by atoms with Gasteiger partial charge in [-0.05, 0) is 92.6 Å². The quantitative estimate of drug-likeness (QED) is 0.108. The van der Waals surface area contributed by atoms with Crippen LogP contribution in [0.1, 0.15) is 77.3 Å². The summed E-state index contributed by atoms with van der Waals surface area (Å²) in [5.41, 5.74) is 4.21. The Labute approximate surface area is 357 Å². The van der Waals surface area contributed by atoms with Crippen molar-refractivity contribution in [1.82, 2.24) is 40.0 Å². The number of carbonyl (C=O) groups excluding carboxylic acids is 5. The number of imide groups is 2. The second kappa shape index (κ2) is 17.7. The first kappa shape index (κ1) is 40.6. The van der Waals surface area contributed by atoms with Gasteiger partial charge in [0.25, 0.3) is 11.8 Å². The molecule has 4 aliphatic heterocycles. The summed E-state index contributed by atoms with van der Waals surface area (Å²) in [4.78, 5) is 80.5. The zero-order chi connectivity index (χ0) is 42.7. The van der Waals surface area contributed by atoms with E-state index in [0.717, 1.165) is 98.3 Å². The zero-order valence-electron chi connectivity index (χ0n) is 34.3. The number of piperazine rings is 1. The van der Waals surface area contributed by atoms with Crippen molar-refractivity contribution in [1.29, 1.82) is 0 Å². The fourth-order valence-electron chi connectivity index (χ4n) is 8.97. The number of hydrogen-bond acceptors (Lipinski definition) is 12. The van der Waals surface area contributed by atoms with Crippen LogP contribution in [0.2, 0.25) is 0 Å². The Kier molecular flexibility index (Phi) is 11.6. The number of anilines is 3. The van der Waals surface area contributed by atoms with E-state index in [9.17, 15) is 28.4 Å². The summed E-state index contributed by atoms with van der Waals surface area (Å²) in [6.45, 7) is 5.14. The number of imidazole rings is 1. The van der Waals surface area contributed by atoms with Crippen molar-refractivity contribution in [2.75, 3.05) is 67.5 Å². The third-order valence-corrected chi connectivity index (χ3v) is 12.1. The van der Waals surface area contributed by atoms with Gasteiger partial charge in [-0.3, -0.25) is 39.1 Å². The third-order valence-electron chi connectivity index (χ3n) is 12.1. The molecule has 3 fully saturated rings. The van der Waals surface area contributed by atoms with E-state index in [2.05, 4.69) is 35.6 Å². The standard InChI is InChI=1S/C45H48FN11O5/c46-30-9-4-8-29(26-30)34-13-7-21-55(34)39-17-16-37-49-27-36(57(37)52-39)32-11-6-14-38(50-32)54-24-22-53(23-25-54)28-41(59)48-20-3-1-2-19-47-33-12-5-10-31-42(33)45(62)56(44(31)61)35-15-18-40(58)51-43(35)60/h4-6,8-12,14,16-17,26-27,34-35,47H,1-3,7,13,15,18-25,28H2,(H,48,59)(H,51,58,60)/t34-,35?/m1/s1. The normalized spacial score (nSPS) is 19.3. The van der Waals surface area contributed by atoms with Crippen molar-refractivity contribution in [2.24, 2.45) is 0 Å². The van der Waals surface area contributed by atoms with Crippen molar-refractivity contribution >= 4 is 52.5 Å². The number of aromatic nitrogens is 4. The number of benzene rings is 2. The number of halogens is 1. The molecule has 0 bridgehead atoms. The van der Waals surface area contributed by atoms with Crippen molar-refractivity contribution in [2.45, 2.75) is 57.0 Å². The highest BCUT2D eigenvalue weighted by Gasteiger charge is 2.45. The summed E-state index contributed by atoms with van der Waals surface area (Å²) in [5, 5.41) is 13.5. The van der Waals surface area contributed by atoms with Gasteiger partial charge in [0.1, 0.15) is 29.2 Å². The number of rotatable bonds is 14. The molecule has 0 spiro atoms. The molecule has 3 N–H and O–H groups in total. The maximum Gasteiger partial charge on any atom is 0.264 e. The SMILES string of the molecule is O=C(CN1CCN(c2cccc(-c3cnc4ccc(N5CCC[C@@H]5c5cccc(F)c5)nn34)n2)CC1)NCCCCCNc1cccc2c1C(=O)N(C1CCC(=O)NC1=O)C2=O. The van der Waals surface area contributed by atoms with Gasteiger partial charge in [0.05, 0.1) is 35.6 Å². The monoisotopic (exact) mass is 841 g/mol. The largest absolute Gasteiger partial charge is 0.384 e. The van der Waals surface area contributed by atoms with Gasteiger partial charge in [-0.1, -0.05) is 24.3 Å². The van der Waals surface area contributed by atoms with Gasteiger partial charge < -0.3 is 20.4 Å². The smallest absolute Gasteiger partial charge is 0.264 e. The molecule has 7 heterocycles. The van der Waals surface area contributed by atoms with Gasteiger partial charge in [-0.15, -0.1) is 5.10 Å². The van der Waals surface area contributed by atoms with Gasteiger partial charge >= 0.3 is 0 Å². The summed E-state index contributed by atoms with van der Waals surface area (Å²) in [6.07, 6.45) is 6.29. The van der Waals surface area contributed by atoms with Gasteiger partial charge in [-0.2, -0.15) is 0 Å². The maximum absolute atomic E-state index is 14.1. The fourth-order valence-corrected chi connectivity index (χ4v) is 8.97. The number of hydrogen-bond donors (Lipinski definition) is 3. The molecule has 4 aliphatic rings. The summed E-state index contributed by atoms with van der Waals surface area (Å²) < 4.78 is 15.9. The molecule has 17 heteroatoms. The van der Waals surface area contributed by atoms with E-state index in [4.69, 9.17) is 10.1 Å². The molecule has 3 aromatic heterocycles. The molecule has 1 unspecified atom stereocenters. The minimum atomic E-state index is -1.01. The Balaban J connectivity index is 0.715. The lowest BCUT2D eigenvalue weighted by Crippen LogP contribution is -2.54. The van der Waals surface area contributed by atoms with E-state index in [1.807, 2.05) is 40.9 Å². The van der Waals surface area contributed by atoms with E-state index < -0.39 is 29.7 Å². The maximum atomic E-state index is 14.1. The van der Waals surface area contributed by atoms with E-state index in [1.54, 1.807) is 36.5 Å². The van der Waals surface area contributed by atoms with Crippen LogP contribution >= 0.6 is 0 Å². The van der Waals surface area contributed by atoms with Crippen LogP contribution in [0.15, 0.2) is 79.0 Å². The van der Waals surface area contributed by atoms with Crippen LogP contribution in [-0.2, 0) is 14.4 Å². The Morgan fingerprint density at radius 1 is 0.823 bits per heavy atom. The average Bonchev–Trinajstić information content (AvgIpc) is 4.00. The van der Waals surface area contributed by atoms with Crippen LogP contribution in [-0.4, -0.2) is 117 Å². The molecular weight excluding hydrogens is 794 g/mol. The lowest BCUT2D eigenvalue weighted by Gasteiger charge is -2.35. The van der Waals surface area contributed by atoms with E-state index >= 15 is 0 Å². The Morgan fingerprint density at radius 2 is 1.65 bits per heavy atom. The van der Waals surface area contributed by atoms with E-state index in [0.29, 0.717) is 31.0 Å². The highest BCUT2D eigenvalue weighted by molar-refractivity contribution is 6.25. The lowest BCUT2D eigenvalue weighted by atomic mass is 10.0. The van der Waals surface area contributed by atoms with Gasteiger partial charge in [0.15, 0.2) is 5.65 Å². The number of pyridine rings is 1. The topological polar surface area (TPSA) is 177 Å². The molecule has 9 rings (SSSR count). The van der Waals surface area contributed by atoms with Crippen LogP contribution in [0, 0.1) is 5.82 Å². The van der Waals surface area contributed by atoms with Crippen molar-refractivity contribution in [3.8, 4) is 11.4 Å². The van der Waals surface area contributed by atoms with E-state index in [1.165, 1.54) is 6.07 Å². The number of nitrogens with zero attached hydrogens (tertiary/aromatic N) is 8. The van der Waals surface area contributed by atoms with Crippen LogP contribution in [0.4, 0.5) is 21.7 Å². The first-order valence-corrected chi connectivity index (χ1v) is 21.4. The molecular formula is C45H48FN11O5. The molecule has 0 radical (unpaired) electrons. The number of nitrogens with one attached hydrogen (secondary N) is 3. The van der Waals surface area contributed by atoms with E-state index in [-0.39, 0.29) is 41.7 Å². The first-order chi connectivity index (χ1) is 30.2. The third kappa shape index (κ3) is 8.31. The molecule has 0 aliphatic carbocycles. The Bertz CT molecular complexity index is 2540. The molecule has 5 aromatic rings. The number of amides is 5. The summed E-state index contributed by atoms with van der Waals surface area (Å²) in [5.74, 6) is -0.721. The molecule has 320 valence electrons. The first-order valence-electron chi connectivity index (χ1n) is 21.4. The van der Waals surface area contributed by atoms with Crippen LogP contribution < -0.4 is 25.8 Å². The average molecular weight is 842 g/mol.